The SMILES string of the molecule is CC(=O)N1CCc2ccccc2C1CC(=O)NCc1cccc(OC2CCCCC2)c1. The van der Waals surface area contributed by atoms with Crippen molar-refractivity contribution >= 4 is 11.8 Å². The van der Waals surface area contributed by atoms with Crippen LogP contribution in [0.4, 0.5) is 0 Å². The van der Waals surface area contributed by atoms with Crippen LogP contribution in [0.5, 0.6) is 5.75 Å². The summed E-state index contributed by atoms with van der Waals surface area (Å²) in [5.41, 5.74) is 3.33. The van der Waals surface area contributed by atoms with E-state index in [2.05, 4.69) is 11.4 Å². The summed E-state index contributed by atoms with van der Waals surface area (Å²) in [6, 6.07) is 15.9. The maximum atomic E-state index is 12.8. The molecule has 0 bridgehead atoms. The Bertz CT molecular complexity index is 920. The number of rotatable bonds is 6. The molecular weight excluding hydrogens is 388 g/mol. The maximum absolute atomic E-state index is 12.8. The number of hydrogen-bond acceptors (Lipinski definition) is 3. The van der Waals surface area contributed by atoms with Crippen LogP contribution in [0.3, 0.4) is 0 Å². The highest BCUT2D eigenvalue weighted by molar-refractivity contribution is 5.79. The van der Waals surface area contributed by atoms with Crippen molar-refractivity contribution in [1.82, 2.24) is 10.2 Å². The number of nitrogens with zero attached hydrogens (tertiary/aromatic N) is 1. The summed E-state index contributed by atoms with van der Waals surface area (Å²) in [4.78, 5) is 26.8. The summed E-state index contributed by atoms with van der Waals surface area (Å²) in [6.45, 7) is 2.69. The van der Waals surface area contributed by atoms with Gasteiger partial charge in [0.2, 0.25) is 11.8 Å². The quantitative estimate of drug-likeness (QED) is 0.746. The van der Waals surface area contributed by atoms with Gasteiger partial charge in [0.05, 0.1) is 18.6 Å². The van der Waals surface area contributed by atoms with Gasteiger partial charge in [-0.1, -0.05) is 42.8 Å². The standard InChI is InChI=1S/C26H32N2O3/c1-19(29)28-15-14-21-9-5-6-13-24(21)25(28)17-26(30)27-18-20-8-7-12-23(16-20)31-22-10-3-2-4-11-22/h5-9,12-13,16,22,25H,2-4,10-11,14-15,17-18H2,1H3,(H,27,30). The first-order valence-electron chi connectivity index (χ1n) is 11.5. The van der Waals surface area contributed by atoms with Gasteiger partial charge in [-0.3, -0.25) is 9.59 Å². The molecule has 2 aromatic rings. The van der Waals surface area contributed by atoms with E-state index >= 15 is 0 Å². The second-order valence-electron chi connectivity index (χ2n) is 8.68. The number of benzene rings is 2. The van der Waals surface area contributed by atoms with E-state index in [1.807, 2.05) is 47.4 Å². The summed E-state index contributed by atoms with van der Waals surface area (Å²) < 4.78 is 6.15. The average Bonchev–Trinajstić information content (AvgIpc) is 2.79. The number of hydrogen-bond donors (Lipinski definition) is 1. The zero-order valence-corrected chi connectivity index (χ0v) is 18.3. The molecule has 5 nitrogen and oxygen atoms in total. The van der Waals surface area contributed by atoms with Crippen molar-refractivity contribution in [2.45, 2.75) is 70.6 Å². The van der Waals surface area contributed by atoms with Gasteiger partial charge in [0.15, 0.2) is 0 Å². The van der Waals surface area contributed by atoms with E-state index in [9.17, 15) is 9.59 Å². The third kappa shape index (κ3) is 5.46. The molecule has 4 rings (SSSR count). The van der Waals surface area contributed by atoms with Crippen LogP contribution in [-0.4, -0.2) is 29.4 Å². The number of nitrogens with one attached hydrogen (secondary N) is 1. The highest BCUT2D eigenvalue weighted by Gasteiger charge is 2.30. The molecule has 1 aliphatic heterocycles. The lowest BCUT2D eigenvalue weighted by Gasteiger charge is -2.36. The summed E-state index contributed by atoms with van der Waals surface area (Å²) in [7, 11) is 0. The van der Waals surface area contributed by atoms with Crippen molar-refractivity contribution in [3.05, 3.63) is 65.2 Å². The monoisotopic (exact) mass is 420 g/mol. The van der Waals surface area contributed by atoms with E-state index in [0.29, 0.717) is 19.2 Å². The Morgan fingerprint density at radius 1 is 1.06 bits per heavy atom. The van der Waals surface area contributed by atoms with Crippen LogP contribution in [0.1, 0.15) is 68.2 Å². The summed E-state index contributed by atoms with van der Waals surface area (Å²) in [5, 5.41) is 3.03. The van der Waals surface area contributed by atoms with Crippen molar-refractivity contribution in [1.29, 1.82) is 0 Å². The second kappa shape index (κ2) is 9.99. The van der Waals surface area contributed by atoms with Crippen molar-refractivity contribution in [2.75, 3.05) is 6.54 Å². The molecule has 5 heteroatoms. The molecule has 1 heterocycles. The molecule has 1 N–H and O–H groups in total. The fourth-order valence-electron chi connectivity index (χ4n) is 4.80. The van der Waals surface area contributed by atoms with Crippen LogP contribution in [0.2, 0.25) is 0 Å². The predicted molar refractivity (Wildman–Crippen MR) is 121 cm³/mol. The lowest BCUT2D eigenvalue weighted by Crippen LogP contribution is -2.41. The van der Waals surface area contributed by atoms with Crippen LogP contribution in [0, 0.1) is 0 Å². The van der Waals surface area contributed by atoms with Gasteiger partial charge in [0, 0.05) is 20.0 Å². The average molecular weight is 421 g/mol. The van der Waals surface area contributed by atoms with E-state index in [1.165, 1.54) is 24.8 Å². The molecule has 2 amide bonds. The first kappa shape index (κ1) is 21.4. The molecular formula is C26H32N2O3. The van der Waals surface area contributed by atoms with E-state index in [0.717, 1.165) is 36.1 Å². The van der Waals surface area contributed by atoms with Gasteiger partial charge in [-0.15, -0.1) is 0 Å². The number of ether oxygens (including phenoxy) is 1. The Labute approximate surface area is 184 Å². The number of carbonyl (C=O) groups is 2. The zero-order valence-electron chi connectivity index (χ0n) is 18.3. The molecule has 2 aromatic carbocycles. The van der Waals surface area contributed by atoms with Crippen LogP contribution in [-0.2, 0) is 22.6 Å². The predicted octanol–water partition coefficient (Wildman–Crippen LogP) is 4.55. The summed E-state index contributed by atoms with van der Waals surface area (Å²) >= 11 is 0. The Balaban J connectivity index is 1.36. The topological polar surface area (TPSA) is 58.6 Å². The Morgan fingerprint density at radius 3 is 2.68 bits per heavy atom. The highest BCUT2D eigenvalue weighted by atomic mass is 16.5. The molecule has 1 saturated carbocycles. The van der Waals surface area contributed by atoms with Gasteiger partial charge in [-0.05, 0) is 60.9 Å². The lowest BCUT2D eigenvalue weighted by atomic mass is 9.90. The molecule has 2 aliphatic rings. The van der Waals surface area contributed by atoms with Crippen molar-refractivity contribution in [3.8, 4) is 5.75 Å². The van der Waals surface area contributed by atoms with Crippen LogP contribution < -0.4 is 10.1 Å². The molecule has 1 aliphatic carbocycles. The minimum Gasteiger partial charge on any atom is -0.490 e. The Morgan fingerprint density at radius 2 is 1.87 bits per heavy atom. The van der Waals surface area contributed by atoms with Crippen molar-refractivity contribution in [3.63, 3.8) is 0 Å². The number of carbonyl (C=O) groups excluding carboxylic acids is 2. The summed E-state index contributed by atoms with van der Waals surface area (Å²) in [5.74, 6) is 0.842. The van der Waals surface area contributed by atoms with E-state index in [1.54, 1.807) is 6.92 Å². The molecule has 164 valence electrons. The third-order valence-corrected chi connectivity index (χ3v) is 6.44. The van der Waals surface area contributed by atoms with Crippen LogP contribution >= 0.6 is 0 Å². The Hall–Kier alpha value is -2.82. The molecule has 1 atom stereocenters. The molecule has 1 unspecified atom stereocenters. The van der Waals surface area contributed by atoms with Gasteiger partial charge < -0.3 is 15.0 Å². The zero-order chi connectivity index (χ0) is 21.6. The maximum Gasteiger partial charge on any atom is 0.222 e. The van der Waals surface area contributed by atoms with Crippen LogP contribution in [0.25, 0.3) is 0 Å². The van der Waals surface area contributed by atoms with E-state index < -0.39 is 0 Å². The molecule has 1 fully saturated rings. The highest BCUT2D eigenvalue weighted by Crippen LogP contribution is 2.32. The molecule has 31 heavy (non-hydrogen) atoms. The lowest BCUT2D eigenvalue weighted by molar-refractivity contribution is -0.133. The first-order valence-corrected chi connectivity index (χ1v) is 11.5. The van der Waals surface area contributed by atoms with Gasteiger partial charge in [-0.25, -0.2) is 0 Å². The minimum absolute atomic E-state index is 0.0138. The fraction of sp³-hybridized carbons (Fsp3) is 0.462. The van der Waals surface area contributed by atoms with E-state index in [-0.39, 0.29) is 24.3 Å². The van der Waals surface area contributed by atoms with Crippen LogP contribution in [0.15, 0.2) is 48.5 Å². The molecule has 0 radical (unpaired) electrons. The second-order valence-corrected chi connectivity index (χ2v) is 8.68. The van der Waals surface area contributed by atoms with E-state index in [4.69, 9.17) is 4.74 Å². The van der Waals surface area contributed by atoms with Crippen molar-refractivity contribution < 1.29 is 14.3 Å². The first-order chi connectivity index (χ1) is 15.1. The fourth-order valence-corrected chi connectivity index (χ4v) is 4.80. The van der Waals surface area contributed by atoms with Gasteiger partial charge in [0.25, 0.3) is 0 Å². The normalized spacial score (nSPS) is 18.9. The third-order valence-electron chi connectivity index (χ3n) is 6.44. The Kier molecular flexibility index (Phi) is 6.90. The number of fused-ring (bicyclic) bond motifs is 1. The minimum atomic E-state index is -0.205. The molecule has 0 saturated heterocycles. The van der Waals surface area contributed by atoms with Gasteiger partial charge >= 0.3 is 0 Å². The molecule has 0 spiro atoms. The number of amides is 2. The largest absolute Gasteiger partial charge is 0.490 e. The van der Waals surface area contributed by atoms with Gasteiger partial charge in [0.1, 0.15) is 5.75 Å². The smallest absolute Gasteiger partial charge is 0.222 e. The van der Waals surface area contributed by atoms with Gasteiger partial charge in [-0.2, -0.15) is 0 Å². The van der Waals surface area contributed by atoms with Crippen molar-refractivity contribution in [2.24, 2.45) is 0 Å². The summed E-state index contributed by atoms with van der Waals surface area (Å²) in [6.07, 6.45) is 7.44. The molecule has 0 aromatic heterocycles.